The molecule has 0 aromatic rings. The monoisotopic (exact) mass is 129 g/mol. The summed E-state index contributed by atoms with van der Waals surface area (Å²) in [6, 6.07) is 0. The molecule has 0 unspecified atom stereocenters. The zero-order valence-corrected chi connectivity index (χ0v) is 5.93. The average Bonchev–Trinajstić information content (AvgIpc) is 1.82. The van der Waals surface area contributed by atoms with Gasteiger partial charge >= 0.3 is 0 Å². The normalized spacial score (nSPS) is 13.1. The van der Waals surface area contributed by atoms with E-state index < -0.39 is 0 Å². The van der Waals surface area contributed by atoms with Crippen LogP contribution in [0.5, 0.6) is 0 Å². The molecule has 0 saturated carbocycles. The number of aliphatic hydroxyl groups is 1. The molecule has 54 valence electrons. The molecule has 0 spiro atoms. The minimum Gasteiger partial charge on any atom is -0.513 e. The smallest absolute Gasteiger partial charge is 0.0879 e. The van der Waals surface area contributed by atoms with Gasteiger partial charge < -0.3 is 10.8 Å². The van der Waals surface area contributed by atoms with Crippen LogP contribution < -0.4 is 5.73 Å². The van der Waals surface area contributed by atoms with Gasteiger partial charge in [-0.1, -0.05) is 13.5 Å². The van der Waals surface area contributed by atoms with Crippen LogP contribution in [0.25, 0.3) is 0 Å². The lowest BCUT2D eigenvalue weighted by Crippen LogP contribution is -2.03. The quantitative estimate of drug-likeness (QED) is 0.564. The molecule has 0 fully saturated rings. The van der Waals surface area contributed by atoms with Gasteiger partial charge in [0.25, 0.3) is 0 Å². The summed E-state index contributed by atoms with van der Waals surface area (Å²) < 4.78 is 0. The van der Waals surface area contributed by atoms with Crippen LogP contribution in [-0.2, 0) is 0 Å². The Labute approximate surface area is 56.4 Å². The molecule has 0 rings (SSSR count). The highest BCUT2D eigenvalue weighted by molar-refractivity contribution is 4.85. The zero-order chi connectivity index (χ0) is 7.28. The number of hydrogen-bond donors (Lipinski definition) is 2. The molecule has 0 aromatic carbocycles. The fraction of sp³-hybridized carbons (Fsp3) is 0.714. The Morgan fingerprint density at radius 3 is 2.67 bits per heavy atom. The van der Waals surface area contributed by atoms with Crippen molar-refractivity contribution in [1.82, 2.24) is 0 Å². The molecule has 2 heteroatoms. The first-order chi connectivity index (χ1) is 4.18. The second-order valence-corrected chi connectivity index (χ2v) is 2.32. The van der Waals surface area contributed by atoms with Crippen molar-refractivity contribution in [3.05, 3.63) is 12.3 Å². The number of rotatable bonds is 4. The van der Waals surface area contributed by atoms with E-state index in [0.717, 1.165) is 12.8 Å². The Morgan fingerprint density at radius 2 is 2.33 bits per heavy atom. The van der Waals surface area contributed by atoms with Gasteiger partial charge in [-0.05, 0) is 19.4 Å². The fourth-order valence-electron chi connectivity index (χ4n) is 0.591. The Bertz CT molecular complexity index is 90.9. The first-order valence-corrected chi connectivity index (χ1v) is 3.26. The van der Waals surface area contributed by atoms with E-state index in [1.165, 1.54) is 0 Å². The van der Waals surface area contributed by atoms with Crippen molar-refractivity contribution in [2.75, 3.05) is 6.54 Å². The van der Waals surface area contributed by atoms with Crippen molar-refractivity contribution in [2.24, 2.45) is 11.7 Å². The molecule has 0 radical (unpaired) electrons. The summed E-state index contributed by atoms with van der Waals surface area (Å²) in [6.07, 6.45) is 1.90. The van der Waals surface area contributed by atoms with Crippen LogP contribution in [0.2, 0.25) is 0 Å². The van der Waals surface area contributed by atoms with Crippen LogP contribution in [-0.4, -0.2) is 11.7 Å². The highest BCUT2D eigenvalue weighted by Crippen LogP contribution is 2.10. The second kappa shape index (κ2) is 4.39. The minimum atomic E-state index is 0.202. The van der Waals surface area contributed by atoms with Crippen molar-refractivity contribution in [3.8, 4) is 0 Å². The standard InChI is InChI=1S/C7H15NO/c1-6(7(2)9)4-3-5-8/h6,9H,2-5,8H2,1H3/t6-/m0/s1. The van der Waals surface area contributed by atoms with Gasteiger partial charge in [-0.2, -0.15) is 0 Å². The summed E-state index contributed by atoms with van der Waals surface area (Å²) in [6.45, 7) is 6.06. The predicted molar refractivity (Wildman–Crippen MR) is 39.2 cm³/mol. The lowest BCUT2D eigenvalue weighted by molar-refractivity contribution is 0.331. The van der Waals surface area contributed by atoms with Crippen LogP contribution in [0, 0.1) is 5.92 Å². The SMILES string of the molecule is C=C(O)[C@@H](C)CCCN. The molecule has 0 heterocycles. The summed E-state index contributed by atoms with van der Waals surface area (Å²) in [7, 11) is 0. The summed E-state index contributed by atoms with van der Waals surface area (Å²) in [5, 5.41) is 8.81. The molecular weight excluding hydrogens is 114 g/mol. The molecule has 0 aromatic heterocycles. The van der Waals surface area contributed by atoms with E-state index in [-0.39, 0.29) is 11.7 Å². The van der Waals surface area contributed by atoms with E-state index in [1.807, 2.05) is 6.92 Å². The molecule has 9 heavy (non-hydrogen) atoms. The third-order valence-electron chi connectivity index (χ3n) is 1.41. The van der Waals surface area contributed by atoms with Gasteiger partial charge in [-0.15, -0.1) is 0 Å². The largest absolute Gasteiger partial charge is 0.513 e. The minimum absolute atomic E-state index is 0.202. The number of aliphatic hydroxyl groups excluding tert-OH is 1. The maximum absolute atomic E-state index is 8.81. The van der Waals surface area contributed by atoms with E-state index in [9.17, 15) is 0 Å². The Hall–Kier alpha value is -0.500. The van der Waals surface area contributed by atoms with Gasteiger partial charge in [-0.3, -0.25) is 0 Å². The van der Waals surface area contributed by atoms with Crippen LogP contribution in [0.4, 0.5) is 0 Å². The Kier molecular flexibility index (Phi) is 4.14. The van der Waals surface area contributed by atoms with Crippen LogP contribution in [0.15, 0.2) is 12.3 Å². The van der Waals surface area contributed by atoms with E-state index in [2.05, 4.69) is 6.58 Å². The van der Waals surface area contributed by atoms with Crippen LogP contribution in [0.1, 0.15) is 19.8 Å². The average molecular weight is 129 g/mol. The fourth-order valence-corrected chi connectivity index (χ4v) is 0.591. The third kappa shape index (κ3) is 4.03. The summed E-state index contributed by atoms with van der Waals surface area (Å²) in [5.41, 5.74) is 5.27. The topological polar surface area (TPSA) is 46.2 Å². The summed E-state index contributed by atoms with van der Waals surface area (Å²) in [5.74, 6) is 0.469. The zero-order valence-electron chi connectivity index (χ0n) is 5.93. The van der Waals surface area contributed by atoms with Gasteiger partial charge in [0.2, 0.25) is 0 Å². The van der Waals surface area contributed by atoms with E-state index in [0.29, 0.717) is 6.54 Å². The lowest BCUT2D eigenvalue weighted by Gasteiger charge is -2.06. The Morgan fingerprint density at radius 1 is 1.78 bits per heavy atom. The predicted octanol–water partition coefficient (Wildman–Crippen LogP) is 1.43. The number of allylic oxidation sites excluding steroid dienone is 1. The van der Waals surface area contributed by atoms with Crippen molar-refractivity contribution in [1.29, 1.82) is 0 Å². The van der Waals surface area contributed by atoms with Crippen LogP contribution in [0.3, 0.4) is 0 Å². The molecular formula is C7H15NO. The van der Waals surface area contributed by atoms with E-state index >= 15 is 0 Å². The first-order valence-electron chi connectivity index (χ1n) is 3.26. The molecule has 0 bridgehead atoms. The highest BCUT2D eigenvalue weighted by Gasteiger charge is 2.02. The van der Waals surface area contributed by atoms with Gasteiger partial charge in [0.05, 0.1) is 5.76 Å². The van der Waals surface area contributed by atoms with Gasteiger partial charge in [0, 0.05) is 5.92 Å². The maximum atomic E-state index is 8.81. The molecule has 1 atom stereocenters. The highest BCUT2D eigenvalue weighted by atomic mass is 16.3. The molecule has 0 saturated heterocycles. The lowest BCUT2D eigenvalue weighted by atomic mass is 10.0. The van der Waals surface area contributed by atoms with Crippen molar-refractivity contribution < 1.29 is 5.11 Å². The van der Waals surface area contributed by atoms with E-state index in [1.54, 1.807) is 0 Å². The molecule has 3 N–H and O–H groups in total. The molecule has 0 aliphatic heterocycles. The van der Waals surface area contributed by atoms with Crippen molar-refractivity contribution >= 4 is 0 Å². The third-order valence-corrected chi connectivity index (χ3v) is 1.41. The number of hydrogen-bond acceptors (Lipinski definition) is 2. The first kappa shape index (κ1) is 8.50. The van der Waals surface area contributed by atoms with Crippen LogP contribution >= 0.6 is 0 Å². The molecule has 0 amide bonds. The van der Waals surface area contributed by atoms with Crippen molar-refractivity contribution in [3.63, 3.8) is 0 Å². The Balaban J connectivity index is 3.27. The second-order valence-electron chi connectivity index (χ2n) is 2.32. The van der Waals surface area contributed by atoms with Gasteiger partial charge in [-0.25, -0.2) is 0 Å². The van der Waals surface area contributed by atoms with Gasteiger partial charge in [0.1, 0.15) is 0 Å². The molecule has 0 aliphatic rings. The molecule has 0 aliphatic carbocycles. The number of nitrogens with two attached hydrogens (primary N) is 1. The maximum Gasteiger partial charge on any atom is 0.0879 e. The summed E-state index contributed by atoms with van der Waals surface area (Å²) >= 11 is 0. The van der Waals surface area contributed by atoms with E-state index in [4.69, 9.17) is 10.8 Å². The molecule has 2 nitrogen and oxygen atoms in total. The van der Waals surface area contributed by atoms with Gasteiger partial charge in [0.15, 0.2) is 0 Å². The summed E-state index contributed by atoms with van der Waals surface area (Å²) in [4.78, 5) is 0. The van der Waals surface area contributed by atoms with Crippen molar-refractivity contribution in [2.45, 2.75) is 19.8 Å².